The van der Waals surface area contributed by atoms with Crippen molar-refractivity contribution in [1.82, 2.24) is 0 Å². The van der Waals surface area contributed by atoms with Crippen LogP contribution in [0.2, 0.25) is 10.0 Å². The van der Waals surface area contributed by atoms with E-state index < -0.39 is 0 Å². The Morgan fingerprint density at radius 2 is 1.74 bits per heavy atom. The number of halogens is 2. The van der Waals surface area contributed by atoms with Crippen LogP contribution >= 0.6 is 23.2 Å². The first-order valence-corrected chi connectivity index (χ1v) is 6.87. The summed E-state index contributed by atoms with van der Waals surface area (Å²) in [5.74, 6) is 0. The molecule has 0 saturated carbocycles. The van der Waals surface area contributed by atoms with Gasteiger partial charge >= 0.3 is 0 Å². The monoisotopic (exact) mass is 291 g/mol. The summed E-state index contributed by atoms with van der Waals surface area (Å²) in [5.41, 5.74) is 3.26. The van der Waals surface area contributed by atoms with Crippen molar-refractivity contribution in [3.63, 3.8) is 0 Å². The van der Waals surface area contributed by atoms with Crippen molar-refractivity contribution < 1.29 is 0 Å². The third-order valence-electron chi connectivity index (χ3n) is 2.96. The highest BCUT2D eigenvalue weighted by atomic mass is 35.5. The van der Waals surface area contributed by atoms with Gasteiger partial charge in [-0.1, -0.05) is 65.2 Å². The van der Waals surface area contributed by atoms with E-state index in [0.717, 1.165) is 11.1 Å². The molecule has 0 fully saturated rings. The standard InChI is InChI=1S/C16H15Cl2N/c1-11-6-8-13(9-7-11)10-19-12(2)14-4-3-5-15(17)16(14)18/h3-10,12H,1-2H3. The summed E-state index contributed by atoms with van der Waals surface area (Å²) in [6.07, 6.45) is 1.86. The van der Waals surface area contributed by atoms with E-state index >= 15 is 0 Å². The molecule has 1 atom stereocenters. The van der Waals surface area contributed by atoms with Gasteiger partial charge in [0.2, 0.25) is 0 Å². The summed E-state index contributed by atoms with van der Waals surface area (Å²) in [6.45, 7) is 4.07. The van der Waals surface area contributed by atoms with Crippen molar-refractivity contribution in [3.8, 4) is 0 Å². The second kappa shape index (κ2) is 6.23. The number of nitrogens with zero attached hydrogens (tertiary/aromatic N) is 1. The zero-order chi connectivity index (χ0) is 13.8. The number of aliphatic imine (C=N–C) groups is 1. The molecule has 1 nitrogen and oxygen atoms in total. The van der Waals surface area contributed by atoms with Crippen LogP contribution in [0.25, 0.3) is 0 Å². The van der Waals surface area contributed by atoms with Gasteiger partial charge in [-0.3, -0.25) is 4.99 Å². The van der Waals surface area contributed by atoms with Crippen LogP contribution in [0.15, 0.2) is 47.5 Å². The summed E-state index contributed by atoms with van der Waals surface area (Å²) in [7, 11) is 0. The minimum Gasteiger partial charge on any atom is -0.285 e. The summed E-state index contributed by atoms with van der Waals surface area (Å²) < 4.78 is 0. The molecule has 0 saturated heterocycles. The summed E-state index contributed by atoms with van der Waals surface area (Å²) in [4.78, 5) is 4.53. The maximum Gasteiger partial charge on any atom is 0.0736 e. The molecule has 0 amide bonds. The Bertz CT molecular complexity index is 588. The molecular weight excluding hydrogens is 277 g/mol. The van der Waals surface area contributed by atoms with Crippen molar-refractivity contribution >= 4 is 29.4 Å². The molecule has 0 N–H and O–H groups in total. The molecule has 2 aromatic rings. The highest BCUT2D eigenvalue weighted by Crippen LogP contribution is 2.31. The predicted molar refractivity (Wildman–Crippen MR) is 83.7 cm³/mol. The first kappa shape index (κ1) is 14.1. The van der Waals surface area contributed by atoms with Crippen molar-refractivity contribution in [1.29, 1.82) is 0 Å². The van der Waals surface area contributed by atoms with E-state index in [1.54, 1.807) is 6.07 Å². The number of benzene rings is 2. The molecular formula is C16H15Cl2N. The predicted octanol–water partition coefficient (Wildman–Crippen LogP) is 5.48. The number of rotatable bonds is 3. The van der Waals surface area contributed by atoms with Crippen LogP contribution in [0, 0.1) is 6.92 Å². The summed E-state index contributed by atoms with van der Waals surface area (Å²) >= 11 is 12.2. The molecule has 1 unspecified atom stereocenters. The Morgan fingerprint density at radius 1 is 1.05 bits per heavy atom. The fourth-order valence-corrected chi connectivity index (χ4v) is 2.24. The van der Waals surface area contributed by atoms with Gasteiger partial charge in [-0.05, 0) is 31.0 Å². The topological polar surface area (TPSA) is 12.4 Å². The van der Waals surface area contributed by atoms with Gasteiger partial charge in [-0.25, -0.2) is 0 Å². The maximum atomic E-state index is 6.18. The minimum absolute atomic E-state index is 0.0208. The van der Waals surface area contributed by atoms with E-state index in [1.165, 1.54) is 5.56 Å². The van der Waals surface area contributed by atoms with E-state index in [2.05, 4.69) is 24.0 Å². The van der Waals surface area contributed by atoms with Crippen LogP contribution in [-0.4, -0.2) is 6.21 Å². The number of hydrogen-bond donors (Lipinski definition) is 0. The molecule has 0 aliphatic heterocycles. The Kier molecular flexibility index (Phi) is 4.62. The van der Waals surface area contributed by atoms with Gasteiger partial charge in [0, 0.05) is 6.21 Å². The first-order valence-electron chi connectivity index (χ1n) is 6.11. The zero-order valence-electron chi connectivity index (χ0n) is 10.9. The van der Waals surface area contributed by atoms with Crippen molar-refractivity contribution in [2.24, 2.45) is 4.99 Å². The lowest BCUT2D eigenvalue weighted by Crippen LogP contribution is -1.93. The number of hydrogen-bond acceptors (Lipinski definition) is 1. The smallest absolute Gasteiger partial charge is 0.0736 e. The highest BCUT2D eigenvalue weighted by molar-refractivity contribution is 6.42. The molecule has 0 aromatic heterocycles. The lowest BCUT2D eigenvalue weighted by atomic mass is 10.1. The molecule has 0 radical (unpaired) electrons. The van der Waals surface area contributed by atoms with Crippen molar-refractivity contribution in [3.05, 3.63) is 69.2 Å². The fourth-order valence-electron chi connectivity index (χ4n) is 1.77. The van der Waals surface area contributed by atoms with Gasteiger partial charge in [-0.15, -0.1) is 0 Å². The van der Waals surface area contributed by atoms with Crippen LogP contribution in [0.3, 0.4) is 0 Å². The highest BCUT2D eigenvalue weighted by Gasteiger charge is 2.09. The van der Waals surface area contributed by atoms with Crippen molar-refractivity contribution in [2.75, 3.05) is 0 Å². The molecule has 98 valence electrons. The molecule has 2 rings (SSSR count). The molecule has 0 aliphatic carbocycles. The Morgan fingerprint density at radius 3 is 2.42 bits per heavy atom. The van der Waals surface area contributed by atoms with Gasteiger partial charge in [0.25, 0.3) is 0 Å². The number of aryl methyl sites for hydroxylation is 1. The van der Waals surface area contributed by atoms with E-state index in [9.17, 15) is 0 Å². The van der Waals surface area contributed by atoms with Crippen LogP contribution in [0.5, 0.6) is 0 Å². The summed E-state index contributed by atoms with van der Waals surface area (Å²) in [6, 6.07) is 13.8. The molecule has 2 aromatic carbocycles. The van der Waals surface area contributed by atoms with Crippen LogP contribution < -0.4 is 0 Å². The quantitative estimate of drug-likeness (QED) is 0.664. The van der Waals surface area contributed by atoms with E-state index in [-0.39, 0.29) is 6.04 Å². The molecule has 0 bridgehead atoms. The minimum atomic E-state index is -0.0208. The third kappa shape index (κ3) is 3.59. The Hall–Kier alpha value is -1.31. The lowest BCUT2D eigenvalue weighted by Gasteiger charge is -2.09. The first-order chi connectivity index (χ1) is 9.08. The maximum absolute atomic E-state index is 6.18. The van der Waals surface area contributed by atoms with Crippen LogP contribution in [-0.2, 0) is 0 Å². The Balaban J connectivity index is 2.18. The third-order valence-corrected chi connectivity index (χ3v) is 3.79. The van der Waals surface area contributed by atoms with Gasteiger partial charge in [0.15, 0.2) is 0 Å². The second-order valence-corrected chi connectivity index (χ2v) is 5.29. The normalized spacial score (nSPS) is 12.8. The van der Waals surface area contributed by atoms with Crippen LogP contribution in [0.1, 0.15) is 29.7 Å². The van der Waals surface area contributed by atoms with E-state index in [4.69, 9.17) is 23.2 Å². The molecule has 0 spiro atoms. The SMILES string of the molecule is Cc1ccc(C=NC(C)c2cccc(Cl)c2Cl)cc1. The fraction of sp³-hybridized carbons (Fsp3) is 0.188. The van der Waals surface area contributed by atoms with Gasteiger partial charge < -0.3 is 0 Å². The molecule has 3 heteroatoms. The second-order valence-electron chi connectivity index (χ2n) is 4.51. The zero-order valence-corrected chi connectivity index (χ0v) is 12.4. The van der Waals surface area contributed by atoms with Gasteiger partial charge in [0.1, 0.15) is 0 Å². The van der Waals surface area contributed by atoms with Gasteiger partial charge in [0.05, 0.1) is 16.1 Å². The molecule has 19 heavy (non-hydrogen) atoms. The summed E-state index contributed by atoms with van der Waals surface area (Å²) in [5, 5.41) is 1.15. The largest absolute Gasteiger partial charge is 0.285 e. The van der Waals surface area contributed by atoms with E-state index in [1.807, 2.05) is 37.4 Å². The lowest BCUT2D eigenvalue weighted by molar-refractivity contribution is 0.825. The molecule has 0 heterocycles. The van der Waals surface area contributed by atoms with E-state index in [0.29, 0.717) is 10.0 Å². The molecule has 0 aliphatic rings. The van der Waals surface area contributed by atoms with Crippen LogP contribution in [0.4, 0.5) is 0 Å². The average molecular weight is 292 g/mol. The van der Waals surface area contributed by atoms with Crippen molar-refractivity contribution in [2.45, 2.75) is 19.9 Å². The Labute approximate surface area is 123 Å². The average Bonchev–Trinajstić information content (AvgIpc) is 2.41. The van der Waals surface area contributed by atoms with Gasteiger partial charge in [-0.2, -0.15) is 0 Å².